The van der Waals surface area contributed by atoms with Gasteiger partial charge in [0.05, 0.1) is 21.3 Å². The van der Waals surface area contributed by atoms with Crippen molar-refractivity contribution in [2.45, 2.75) is 65.5 Å². The summed E-state index contributed by atoms with van der Waals surface area (Å²) in [6, 6.07) is 0. The van der Waals surface area contributed by atoms with Crippen LogP contribution in [-0.2, 0) is 14.3 Å². The van der Waals surface area contributed by atoms with E-state index >= 15 is 0 Å². The van der Waals surface area contributed by atoms with E-state index in [1.54, 1.807) is 13.2 Å². The van der Waals surface area contributed by atoms with Crippen LogP contribution >= 0.6 is 0 Å². The van der Waals surface area contributed by atoms with Crippen LogP contribution in [0.1, 0.15) is 26.2 Å². The van der Waals surface area contributed by atoms with Gasteiger partial charge in [-0.3, -0.25) is 0 Å². The predicted octanol–water partition coefficient (Wildman–Crippen LogP) is 5.29. The minimum absolute atomic E-state index is 0.263. The van der Waals surface area contributed by atoms with Crippen LogP contribution in [0.2, 0.25) is 39.3 Å². The molecule has 5 heteroatoms. The monoisotopic (exact) mass is 404 g/mol. The third-order valence-corrected chi connectivity index (χ3v) is 7.15. The van der Waals surface area contributed by atoms with E-state index < -0.39 is 16.1 Å². The summed E-state index contributed by atoms with van der Waals surface area (Å²) in [7, 11) is -1.35. The van der Waals surface area contributed by atoms with E-state index in [-0.39, 0.29) is 5.97 Å². The number of esters is 1. The van der Waals surface area contributed by atoms with Crippen molar-refractivity contribution in [2.75, 3.05) is 20.3 Å². The first-order valence-corrected chi connectivity index (χ1v) is 16.8. The van der Waals surface area contributed by atoms with Gasteiger partial charge in [-0.2, -0.15) is 0 Å². The van der Waals surface area contributed by atoms with Crippen molar-refractivity contribution in [1.29, 1.82) is 0 Å². The van der Waals surface area contributed by atoms with Gasteiger partial charge in [0.25, 0.3) is 0 Å². The number of allylic oxidation sites excluding steroid dienone is 4. The topological polar surface area (TPSA) is 35.5 Å². The Bertz CT molecular complexity index is 690. The van der Waals surface area contributed by atoms with E-state index in [1.165, 1.54) is 16.3 Å². The molecule has 150 valence electrons. The minimum atomic E-state index is -1.62. The van der Waals surface area contributed by atoms with Crippen molar-refractivity contribution in [3.8, 4) is 11.5 Å². The first-order chi connectivity index (χ1) is 12.5. The number of methoxy groups -OCH3 is 1. The van der Waals surface area contributed by atoms with Gasteiger partial charge < -0.3 is 9.47 Å². The summed E-state index contributed by atoms with van der Waals surface area (Å²) < 4.78 is 10.5. The Kier molecular flexibility index (Phi) is 9.00. The molecule has 0 amide bonds. The second-order valence-electron chi connectivity index (χ2n) is 8.99. The van der Waals surface area contributed by atoms with Crippen molar-refractivity contribution in [3.63, 3.8) is 0 Å². The van der Waals surface area contributed by atoms with Crippen LogP contribution in [0.25, 0.3) is 0 Å². The third-order valence-electron chi connectivity index (χ3n) is 4.15. The Labute approximate surface area is 167 Å². The highest BCUT2D eigenvalue weighted by Gasteiger charge is 2.28. The molecule has 0 bridgehead atoms. The molecule has 0 aliphatic heterocycles. The summed E-state index contributed by atoms with van der Waals surface area (Å²) in [5, 5.41) is 1.44. The van der Waals surface area contributed by atoms with Crippen molar-refractivity contribution in [1.82, 2.24) is 0 Å². The fourth-order valence-corrected chi connectivity index (χ4v) is 5.92. The Hall–Kier alpha value is -1.36. The first kappa shape index (κ1) is 23.7. The largest absolute Gasteiger partial charge is 0.463 e. The Morgan fingerprint density at radius 2 is 1.85 bits per heavy atom. The van der Waals surface area contributed by atoms with Gasteiger partial charge in [-0.1, -0.05) is 51.3 Å². The summed E-state index contributed by atoms with van der Waals surface area (Å²) in [4.78, 5) is 12.0. The molecule has 0 aromatic rings. The smallest absolute Gasteiger partial charge is 0.331 e. The molecule has 0 spiro atoms. The average molecular weight is 405 g/mol. The molecule has 3 nitrogen and oxygen atoms in total. The molecule has 0 aromatic heterocycles. The van der Waals surface area contributed by atoms with Crippen molar-refractivity contribution >= 4 is 22.1 Å². The van der Waals surface area contributed by atoms with Crippen LogP contribution < -0.4 is 0 Å². The molecular weight excluding hydrogens is 368 g/mol. The van der Waals surface area contributed by atoms with Crippen molar-refractivity contribution in [2.24, 2.45) is 0 Å². The van der Waals surface area contributed by atoms with Gasteiger partial charge in [-0.05, 0) is 42.5 Å². The van der Waals surface area contributed by atoms with Crippen molar-refractivity contribution < 1.29 is 14.3 Å². The minimum Gasteiger partial charge on any atom is -0.463 e. The average Bonchev–Trinajstić information content (AvgIpc) is 2.69. The van der Waals surface area contributed by atoms with Crippen LogP contribution in [0.4, 0.5) is 0 Å². The van der Waals surface area contributed by atoms with Crippen LogP contribution in [0.3, 0.4) is 0 Å². The molecule has 27 heavy (non-hydrogen) atoms. The highest BCUT2D eigenvalue weighted by atomic mass is 28.3. The van der Waals surface area contributed by atoms with Crippen LogP contribution in [0.5, 0.6) is 0 Å². The fraction of sp³-hybridized carbons (Fsp3) is 0.591. The Morgan fingerprint density at radius 3 is 2.37 bits per heavy atom. The third kappa shape index (κ3) is 8.46. The Morgan fingerprint density at radius 1 is 1.19 bits per heavy atom. The van der Waals surface area contributed by atoms with Gasteiger partial charge in [0.2, 0.25) is 0 Å². The van der Waals surface area contributed by atoms with E-state index in [4.69, 9.17) is 9.47 Å². The Balaban J connectivity index is 3.49. The maximum atomic E-state index is 12.0. The van der Waals surface area contributed by atoms with Gasteiger partial charge in [0.1, 0.15) is 8.07 Å². The lowest BCUT2D eigenvalue weighted by molar-refractivity contribution is -0.137. The number of hydrogen-bond acceptors (Lipinski definition) is 3. The predicted molar refractivity (Wildman–Crippen MR) is 120 cm³/mol. The molecule has 0 saturated carbocycles. The molecule has 0 saturated heterocycles. The number of hydrogen-bond donors (Lipinski definition) is 0. The maximum Gasteiger partial charge on any atom is 0.331 e. The van der Waals surface area contributed by atoms with Crippen LogP contribution in [0.15, 0.2) is 34.1 Å². The second kappa shape index (κ2) is 10.3. The summed E-state index contributed by atoms with van der Waals surface area (Å²) in [6.07, 6.45) is 6.38. The second-order valence-corrected chi connectivity index (χ2v) is 18.7. The maximum absolute atomic E-state index is 12.0. The van der Waals surface area contributed by atoms with E-state index in [0.29, 0.717) is 13.2 Å². The van der Waals surface area contributed by atoms with E-state index in [9.17, 15) is 4.79 Å². The van der Waals surface area contributed by atoms with Gasteiger partial charge in [-0.15, -0.1) is 5.54 Å². The van der Waals surface area contributed by atoms with E-state index in [2.05, 4.69) is 56.8 Å². The zero-order valence-electron chi connectivity index (χ0n) is 18.4. The molecule has 0 heterocycles. The standard InChI is InChI=1S/C22H36O3Si2/c1-9-25-21(23)17-18-10-11-19(13-15-26(3,4)5)22(27(6,7)8)20(16-18)12-14-24-2/h16-17H,9-12,14H2,1-8H3/b18-17-. The van der Waals surface area contributed by atoms with E-state index in [0.717, 1.165) is 24.8 Å². The SMILES string of the molecule is CCOC(=O)/C=C1\C=C(CCOC)C([Si](C)(C)C)=C(C#C[Si](C)(C)C)CC1. The van der Waals surface area contributed by atoms with Gasteiger partial charge >= 0.3 is 5.97 Å². The molecule has 0 aromatic carbocycles. The molecule has 1 aliphatic carbocycles. The lowest BCUT2D eigenvalue weighted by Crippen LogP contribution is -2.27. The van der Waals surface area contributed by atoms with E-state index in [1.807, 2.05) is 6.92 Å². The molecular formula is C22H36O3Si2. The lowest BCUT2D eigenvalue weighted by atomic mass is 10.1. The number of carbonyl (C=O) groups excluding carboxylic acids is 1. The summed E-state index contributed by atoms with van der Waals surface area (Å²) in [5.41, 5.74) is 7.14. The highest BCUT2D eigenvalue weighted by Crippen LogP contribution is 2.35. The van der Waals surface area contributed by atoms with Crippen molar-refractivity contribution in [3.05, 3.63) is 34.1 Å². The number of rotatable bonds is 6. The molecule has 0 radical (unpaired) electrons. The molecule has 1 aliphatic rings. The fourth-order valence-electron chi connectivity index (χ4n) is 3.14. The quantitative estimate of drug-likeness (QED) is 0.261. The van der Waals surface area contributed by atoms with Crippen LogP contribution in [-0.4, -0.2) is 42.4 Å². The summed E-state index contributed by atoms with van der Waals surface area (Å²) in [6.45, 7) is 16.9. The molecule has 0 unspecified atom stereocenters. The molecule has 0 fully saturated rings. The van der Waals surface area contributed by atoms with Gasteiger partial charge in [0.15, 0.2) is 0 Å². The zero-order valence-corrected chi connectivity index (χ0v) is 20.4. The molecule has 0 N–H and O–H groups in total. The molecule has 1 rings (SSSR count). The summed E-state index contributed by atoms with van der Waals surface area (Å²) >= 11 is 0. The zero-order chi connectivity index (χ0) is 20.7. The number of carbonyl (C=O) groups is 1. The molecule has 0 atom stereocenters. The lowest BCUT2D eigenvalue weighted by Gasteiger charge is -2.25. The first-order valence-electron chi connectivity index (χ1n) is 9.82. The normalized spacial score (nSPS) is 17.2. The number of ether oxygens (including phenoxy) is 2. The summed E-state index contributed by atoms with van der Waals surface area (Å²) in [5.74, 6) is 3.30. The highest BCUT2D eigenvalue weighted by molar-refractivity contribution is 6.85. The van der Waals surface area contributed by atoms with Crippen LogP contribution in [0, 0.1) is 11.5 Å². The van der Waals surface area contributed by atoms with Gasteiger partial charge in [-0.25, -0.2) is 4.79 Å². The van der Waals surface area contributed by atoms with Gasteiger partial charge in [0, 0.05) is 18.8 Å².